The van der Waals surface area contributed by atoms with Gasteiger partial charge < -0.3 is 10.5 Å². The SMILES string of the molecule is CC1(CN)CCN(CCOc2ccc(Cl)cc2Cl)C1.Cl. The summed E-state index contributed by atoms with van der Waals surface area (Å²) in [5.74, 6) is 0.687. The van der Waals surface area contributed by atoms with Crippen LogP contribution in [0.2, 0.25) is 10.0 Å². The smallest absolute Gasteiger partial charge is 0.138 e. The molecule has 1 fully saturated rings. The zero-order valence-corrected chi connectivity index (χ0v) is 13.9. The van der Waals surface area contributed by atoms with Gasteiger partial charge in [-0.05, 0) is 43.1 Å². The highest BCUT2D eigenvalue weighted by molar-refractivity contribution is 6.35. The molecule has 1 heterocycles. The Morgan fingerprint density at radius 3 is 2.75 bits per heavy atom. The van der Waals surface area contributed by atoms with Gasteiger partial charge in [-0.15, -0.1) is 12.4 Å². The molecule has 0 saturated carbocycles. The number of rotatable bonds is 5. The third-order valence-corrected chi connectivity index (χ3v) is 4.22. The molecule has 1 unspecified atom stereocenters. The lowest BCUT2D eigenvalue weighted by Gasteiger charge is -2.22. The van der Waals surface area contributed by atoms with Crippen molar-refractivity contribution in [2.75, 3.05) is 32.8 Å². The van der Waals surface area contributed by atoms with Gasteiger partial charge in [-0.3, -0.25) is 4.90 Å². The predicted octanol–water partition coefficient (Wildman–Crippen LogP) is 3.46. The Morgan fingerprint density at radius 1 is 1.40 bits per heavy atom. The van der Waals surface area contributed by atoms with E-state index >= 15 is 0 Å². The molecule has 114 valence electrons. The Bertz CT molecular complexity index is 444. The zero-order chi connectivity index (χ0) is 13.9. The highest BCUT2D eigenvalue weighted by atomic mass is 35.5. The molecule has 1 atom stereocenters. The first-order valence-electron chi connectivity index (χ1n) is 6.53. The minimum atomic E-state index is 0. The van der Waals surface area contributed by atoms with Gasteiger partial charge in [0.2, 0.25) is 0 Å². The molecule has 2 N–H and O–H groups in total. The predicted molar refractivity (Wildman–Crippen MR) is 87.4 cm³/mol. The number of hydrogen-bond donors (Lipinski definition) is 1. The molecule has 1 aliphatic heterocycles. The zero-order valence-electron chi connectivity index (χ0n) is 11.6. The van der Waals surface area contributed by atoms with E-state index in [4.69, 9.17) is 33.7 Å². The molecule has 3 nitrogen and oxygen atoms in total. The van der Waals surface area contributed by atoms with Crippen molar-refractivity contribution in [2.24, 2.45) is 11.1 Å². The summed E-state index contributed by atoms with van der Waals surface area (Å²) >= 11 is 11.9. The van der Waals surface area contributed by atoms with Gasteiger partial charge in [0.1, 0.15) is 12.4 Å². The second-order valence-corrected chi connectivity index (χ2v) is 6.31. The van der Waals surface area contributed by atoms with Crippen molar-refractivity contribution in [3.05, 3.63) is 28.2 Å². The fourth-order valence-electron chi connectivity index (χ4n) is 2.36. The summed E-state index contributed by atoms with van der Waals surface area (Å²) in [5.41, 5.74) is 6.06. The fourth-order valence-corrected chi connectivity index (χ4v) is 2.82. The van der Waals surface area contributed by atoms with Crippen molar-refractivity contribution in [3.8, 4) is 5.75 Å². The van der Waals surface area contributed by atoms with Crippen LogP contribution < -0.4 is 10.5 Å². The first-order valence-corrected chi connectivity index (χ1v) is 7.28. The Kier molecular flexibility index (Phi) is 6.89. The van der Waals surface area contributed by atoms with Crippen LogP contribution in [0.1, 0.15) is 13.3 Å². The van der Waals surface area contributed by atoms with Crippen molar-refractivity contribution >= 4 is 35.6 Å². The Hall–Kier alpha value is -0.190. The molecule has 0 spiro atoms. The van der Waals surface area contributed by atoms with Crippen molar-refractivity contribution in [2.45, 2.75) is 13.3 Å². The molecular weight excluding hydrogens is 319 g/mol. The average Bonchev–Trinajstić information content (AvgIpc) is 2.75. The van der Waals surface area contributed by atoms with E-state index in [-0.39, 0.29) is 17.8 Å². The molecule has 0 aliphatic carbocycles. The van der Waals surface area contributed by atoms with Gasteiger partial charge in [0.25, 0.3) is 0 Å². The van der Waals surface area contributed by atoms with Gasteiger partial charge in [0.15, 0.2) is 0 Å². The van der Waals surface area contributed by atoms with E-state index in [0.717, 1.165) is 32.6 Å². The van der Waals surface area contributed by atoms with Crippen LogP contribution in [0.25, 0.3) is 0 Å². The van der Waals surface area contributed by atoms with Crippen LogP contribution in [0.5, 0.6) is 5.75 Å². The molecule has 0 aromatic heterocycles. The lowest BCUT2D eigenvalue weighted by atomic mass is 9.90. The van der Waals surface area contributed by atoms with E-state index in [2.05, 4.69) is 11.8 Å². The van der Waals surface area contributed by atoms with Crippen LogP contribution in [0.15, 0.2) is 18.2 Å². The molecule has 1 aromatic carbocycles. The van der Waals surface area contributed by atoms with E-state index in [0.29, 0.717) is 22.4 Å². The molecule has 0 bridgehead atoms. The number of halogens is 3. The molecule has 0 amide bonds. The molecule has 1 saturated heterocycles. The summed E-state index contributed by atoms with van der Waals surface area (Å²) in [7, 11) is 0. The van der Waals surface area contributed by atoms with Gasteiger partial charge >= 0.3 is 0 Å². The van der Waals surface area contributed by atoms with Crippen molar-refractivity contribution in [1.82, 2.24) is 4.90 Å². The van der Waals surface area contributed by atoms with Crippen LogP contribution in [0, 0.1) is 5.41 Å². The molecule has 6 heteroatoms. The van der Waals surface area contributed by atoms with Crippen LogP contribution >= 0.6 is 35.6 Å². The van der Waals surface area contributed by atoms with E-state index in [9.17, 15) is 0 Å². The van der Waals surface area contributed by atoms with Crippen LogP contribution in [-0.4, -0.2) is 37.7 Å². The molecule has 1 aliphatic rings. The number of likely N-dealkylation sites (tertiary alicyclic amines) is 1. The van der Waals surface area contributed by atoms with Gasteiger partial charge in [-0.1, -0.05) is 30.1 Å². The molecular formula is C14H21Cl3N2O. The van der Waals surface area contributed by atoms with Crippen molar-refractivity contribution in [1.29, 1.82) is 0 Å². The van der Waals surface area contributed by atoms with Gasteiger partial charge in [0, 0.05) is 18.1 Å². The number of hydrogen-bond acceptors (Lipinski definition) is 3. The Morgan fingerprint density at radius 2 is 2.15 bits per heavy atom. The van der Waals surface area contributed by atoms with Crippen LogP contribution in [-0.2, 0) is 0 Å². The quantitative estimate of drug-likeness (QED) is 0.893. The molecule has 20 heavy (non-hydrogen) atoms. The summed E-state index contributed by atoms with van der Waals surface area (Å²) in [6.07, 6.45) is 1.16. The number of ether oxygens (including phenoxy) is 1. The minimum absolute atomic E-state index is 0. The normalized spacial score (nSPS) is 22.6. The standard InChI is InChI=1S/C14H20Cl2N2O.ClH/c1-14(9-17)4-5-18(10-14)6-7-19-13-3-2-11(15)8-12(13)16;/h2-3,8H,4-7,9-10,17H2,1H3;1H. The third kappa shape index (κ3) is 4.68. The molecule has 0 radical (unpaired) electrons. The van der Waals surface area contributed by atoms with Gasteiger partial charge in [0.05, 0.1) is 5.02 Å². The van der Waals surface area contributed by atoms with E-state index < -0.39 is 0 Å². The fraction of sp³-hybridized carbons (Fsp3) is 0.571. The maximum atomic E-state index is 6.05. The topological polar surface area (TPSA) is 38.5 Å². The summed E-state index contributed by atoms with van der Waals surface area (Å²) in [4.78, 5) is 2.39. The molecule has 2 rings (SSSR count). The van der Waals surface area contributed by atoms with E-state index in [1.165, 1.54) is 0 Å². The van der Waals surface area contributed by atoms with Crippen LogP contribution in [0.4, 0.5) is 0 Å². The monoisotopic (exact) mass is 338 g/mol. The highest BCUT2D eigenvalue weighted by Crippen LogP contribution is 2.29. The lowest BCUT2D eigenvalue weighted by Crippen LogP contribution is -2.33. The van der Waals surface area contributed by atoms with Crippen molar-refractivity contribution < 1.29 is 4.74 Å². The van der Waals surface area contributed by atoms with Gasteiger partial charge in [-0.25, -0.2) is 0 Å². The summed E-state index contributed by atoms with van der Waals surface area (Å²) in [5, 5.41) is 1.18. The number of benzene rings is 1. The largest absolute Gasteiger partial charge is 0.491 e. The van der Waals surface area contributed by atoms with E-state index in [1.807, 2.05) is 0 Å². The maximum Gasteiger partial charge on any atom is 0.138 e. The first-order chi connectivity index (χ1) is 9.02. The second kappa shape index (κ2) is 7.71. The maximum absolute atomic E-state index is 6.05. The number of nitrogens with two attached hydrogens (primary N) is 1. The minimum Gasteiger partial charge on any atom is -0.491 e. The number of nitrogens with zero attached hydrogens (tertiary/aromatic N) is 1. The summed E-state index contributed by atoms with van der Waals surface area (Å²) < 4.78 is 5.69. The lowest BCUT2D eigenvalue weighted by molar-refractivity contribution is 0.219. The Labute approximate surface area is 136 Å². The summed E-state index contributed by atoms with van der Waals surface area (Å²) in [6, 6.07) is 5.28. The van der Waals surface area contributed by atoms with Crippen molar-refractivity contribution in [3.63, 3.8) is 0 Å². The second-order valence-electron chi connectivity index (χ2n) is 5.46. The third-order valence-electron chi connectivity index (χ3n) is 3.69. The Balaban J connectivity index is 0.00000200. The first kappa shape index (κ1) is 17.9. The highest BCUT2D eigenvalue weighted by Gasteiger charge is 2.31. The van der Waals surface area contributed by atoms with Gasteiger partial charge in [-0.2, -0.15) is 0 Å². The average molecular weight is 340 g/mol. The van der Waals surface area contributed by atoms with E-state index in [1.54, 1.807) is 18.2 Å². The summed E-state index contributed by atoms with van der Waals surface area (Å²) in [6.45, 7) is 6.64. The van der Waals surface area contributed by atoms with Crippen LogP contribution in [0.3, 0.4) is 0 Å². The molecule has 1 aromatic rings.